The number of nitrogens with one attached hydrogen (secondary N) is 3. The van der Waals surface area contributed by atoms with Gasteiger partial charge in [-0.3, -0.25) is 28.9 Å². The fourth-order valence-corrected chi connectivity index (χ4v) is 9.48. The van der Waals surface area contributed by atoms with Crippen molar-refractivity contribution in [1.82, 2.24) is 35.2 Å². The molecule has 57 heavy (non-hydrogen) atoms. The zero-order valence-corrected chi connectivity index (χ0v) is 32.1. The molecule has 5 unspecified atom stereocenters. The van der Waals surface area contributed by atoms with Gasteiger partial charge in [0.05, 0.1) is 29.2 Å². The molecule has 4 aliphatic rings. The molecule has 2 aromatic heterocycles. The minimum Gasteiger partial charge on any atom is -0.472 e. The lowest BCUT2D eigenvalue weighted by Gasteiger charge is -2.30. The molecule has 4 amide bonds. The van der Waals surface area contributed by atoms with Crippen molar-refractivity contribution in [2.45, 2.75) is 106 Å². The molecule has 3 N–H and O–H groups in total. The molecular weight excluding hydrogens is 761 g/mol. The summed E-state index contributed by atoms with van der Waals surface area (Å²) in [5.41, 5.74) is -0.734. The van der Waals surface area contributed by atoms with Crippen molar-refractivity contribution in [1.29, 1.82) is 0 Å². The second kappa shape index (κ2) is 14.9. The predicted molar refractivity (Wildman–Crippen MR) is 204 cm³/mol. The first-order valence-electron chi connectivity index (χ1n) is 19.3. The van der Waals surface area contributed by atoms with Crippen molar-refractivity contribution in [3.8, 4) is 5.88 Å². The smallest absolute Gasteiger partial charge is 0.272 e. The van der Waals surface area contributed by atoms with Crippen molar-refractivity contribution < 1.29 is 41.1 Å². The Bertz CT molecular complexity index is 2360. The molecule has 4 aromatic rings. The lowest BCUT2D eigenvalue weighted by molar-refractivity contribution is -0.141. The van der Waals surface area contributed by atoms with Gasteiger partial charge in [0.25, 0.3) is 11.8 Å². The van der Waals surface area contributed by atoms with E-state index in [1.54, 1.807) is 6.92 Å². The van der Waals surface area contributed by atoms with Gasteiger partial charge in [0, 0.05) is 36.2 Å². The highest BCUT2D eigenvalue weighted by Crippen LogP contribution is 2.51. The zero-order valence-electron chi connectivity index (χ0n) is 31.2. The normalized spacial score (nSPS) is 26.7. The van der Waals surface area contributed by atoms with E-state index < -0.39 is 87.3 Å². The Labute approximate surface area is 327 Å². The van der Waals surface area contributed by atoms with Crippen LogP contribution < -0.4 is 20.1 Å². The van der Waals surface area contributed by atoms with Crippen LogP contribution in [0.15, 0.2) is 60.9 Å². The van der Waals surface area contributed by atoms with E-state index in [9.17, 15) is 27.6 Å². The van der Waals surface area contributed by atoms with Gasteiger partial charge in [0.1, 0.15) is 29.4 Å². The number of hydrogen-bond donors (Lipinski definition) is 3. The Morgan fingerprint density at radius 1 is 0.930 bits per heavy atom. The van der Waals surface area contributed by atoms with Gasteiger partial charge < -0.3 is 20.3 Å². The molecule has 4 heterocycles. The standard InChI is InChI=1S/C40H43F2N7O7S/c1-23-20-44-32(21-43-23)34(50)45-31-13-3-2-8-16-39(41,42)18-24-19-40(24,38(53)48-57(54,55)26-14-15-26)47-35(51)33-17-25(22-49(33)37(31)52)56-36-29-11-5-4-9-27(29)28-10-6-7-12-30(28)46-36/h4-7,9-12,20-21,24-26,31,33H,2-3,8,13-19,22H2,1H3,(H,45,50)(H,47,51)(H,48,53). The van der Waals surface area contributed by atoms with Crippen molar-refractivity contribution >= 4 is 55.3 Å². The summed E-state index contributed by atoms with van der Waals surface area (Å²) in [5.74, 6) is -7.20. The Hall–Kier alpha value is -5.32. The lowest BCUT2D eigenvalue weighted by Crippen LogP contribution is -2.58. The maximum atomic E-state index is 15.4. The Morgan fingerprint density at radius 2 is 1.67 bits per heavy atom. The van der Waals surface area contributed by atoms with E-state index in [-0.39, 0.29) is 43.8 Å². The summed E-state index contributed by atoms with van der Waals surface area (Å²) in [6.07, 6.45) is 1.86. The molecule has 5 atom stereocenters. The number of ether oxygens (including phenoxy) is 1. The first kappa shape index (κ1) is 38.5. The average Bonchev–Trinajstić information content (AvgIpc) is 4.11. The third kappa shape index (κ3) is 7.98. The maximum Gasteiger partial charge on any atom is 0.272 e. The number of nitrogens with zero attached hydrogens (tertiary/aromatic N) is 4. The second-order valence-electron chi connectivity index (χ2n) is 15.7. The van der Waals surface area contributed by atoms with Crippen LogP contribution in [0.4, 0.5) is 8.78 Å². The number of halogens is 2. The quantitative estimate of drug-likeness (QED) is 0.230. The van der Waals surface area contributed by atoms with Crippen molar-refractivity contribution in [3.05, 3.63) is 72.3 Å². The summed E-state index contributed by atoms with van der Waals surface area (Å²) >= 11 is 0. The van der Waals surface area contributed by atoms with E-state index in [4.69, 9.17) is 9.72 Å². The maximum absolute atomic E-state index is 15.4. The number of rotatable bonds is 7. The number of carbonyl (C=O) groups is 4. The average molecular weight is 804 g/mol. The number of aromatic nitrogens is 3. The molecule has 14 nitrogen and oxygen atoms in total. The summed E-state index contributed by atoms with van der Waals surface area (Å²) in [6, 6.07) is 12.6. The van der Waals surface area contributed by atoms with Gasteiger partial charge in [0.15, 0.2) is 0 Å². The van der Waals surface area contributed by atoms with Gasteiger partial charge in [-0.05, 0) is 62.5 Å². The van der Waals surface area contributed by atoms with E-state index in [0.29, 0.717) is 42.3 Å². The molecular formula is C40H43F2N7O7S. The molecule has 0 spiro atoms. The van der Waals surface area contributed by atoms with Crippen LogP contribution >= 0.6 is 0 Å². The van der Waals surface area contributed by atoms with Crippen LogP contribution in [-0.4, -0.2) is 93.3 Å². The van der Waals surface area contributed by atoms with Gasteiger partial charge in [-0.25, -0.2) is 27.2 Å². The highest BCUT2D eigenvalue weighted by Gasteiger charge is 2.65. The van der Waals surface area contributed by atoms with Crippen molar-refractivity contribution in [3.63, 3.8) is 0 Å². The number of para-hydroxylation sites is 1. The molecule has 0 radical (unpaired) electrons. The van der Waals surface area contributed by atoms with Crippen LogP contribution in [0.1, 0.15) is 80.4 Å². The summed E-state index contributed by atoms with van der Waals surface area (Å²) in [6.45, 7) is 1.59. The zero-order chi connectivity index (χ0) is 40.1. The molecule has 4 fully saturated rings. The van der Waals surface area contributed by atoms with Gasteiger partial charge in [-0.1, -0.05) is 49.2 Å². The molecule has 2 aliphatic carbocycles. The number of fused-ring (bicyclic) bond motifs is 5. The highest BCUT2D eigenvalue weighted by atomic mass is 32.2. The predicted octanol–water partition coefficient (Wildman–Crippen LogP) is 4.11. The lowest BCUT2D eigenvalue weighted by atomic mass is 10.00. The molecule has 2 saturated carbocycles. The van der Waals surface area contributed by atoms with E-state index in [0.717, 1.165) is 10.8 Å². The third-order valence-corrected chi connectivity index (χ3v) is 13.3. The van der Waals surface area contributed by atoms with Gasteiger partial charge in [-0.2, -0.15) is 0 Å². The molecule has 2 aliphatic heterocycles. The SMILES string of the molecule is Cc1cnc(C(=O)NC2CCCCCC(F)(F)CC3CC3(C(=O)NS(=O)(=O)C3CC3)NC(=O)C3CC(Oc4nc5ccccc5c5ccccc45)CN3C2=O)cn1. The Morgan fingerprint density at radius 3 is 2.40 bits per heavy atom. The fourth-order valence-electron chi connectivity index (χ4n) is 8.12. The molecule has 2 saturated heterocycles. The third-order valence-electron chi connectivity index (χ3n) is 11.5. The molecule has 300 valence electrons. The van der Waals surface area contributed by atoms with Crippen LogP contribution in [-0.2, 0) is 24.4 Å². The van der Waals surface area contributed by atoms with Crippen molar-refractivity contribution in [2.75, 3.05) is 6.54 Å². The van der Waals surface area contributed by atoms with Crippen LogP contribution in [0.25, 0.3) is 21.7 Å². The minimum atomic E-state index is -4.09. The number of pyridine rings is 1. The number of carbonyl (C=O) groups excluding carboxylic acids is 4. The number of aryl methyl sites for hydroxylation is 1. The summed E-state index contributed by atoms with van der Waals surface area (Å²) in [7, 11) is -4.09. The van der Waals surface area contributed by atoms with Crippen LogP contribution in [0.3, 0.4) is 0 Å². The number of amides is 4. The number of alkyl halides is 2. The first-order valence-corrected chi connectivity index (χ1v) is 20.9. The largest absolute Gasteiger partial charge is 0.472 e. The molecule has 17 heteroatoms. The summed E-state index contributed by atoms with van der Waals surface area (Å²) in [5, 5.41) is 7.11. The first-order chi connectivity index (χ1) is 27.2. The molecule has 8 rings (SSSR count). The minimum absolute atomic E-state index is 0.0380. The number of hydrogen-bond acceptors (Lipinski definition) is 10. The molecule has 0 bridgehead atoms. The van der Waals surface area contributed by atoms with E-state index in [2.05, 4.69) is 25.3 Å². The molecule has 2 aromatic carbocycles. The van der Waals surface area contributed by atoms with Gasteiger partial charge in [0.2, 0.25) is 33.6 Å². The van der Waals surface area contributed by atoms with Crippen LogP contribution in [0, 0.1) is 12.8 Å². The topological polar surface area (TPSA) is 190 Å². The van der Waals surface area contributed by atoms with E-state index in [1.807, 2.05) is 48.5 Å². The van der Waals surface area contributed by atoms with Crippen LogP contribution in [0.2, 0.25) is 0 Å². The second-order valence-corrected chi connectivity index (χ2v) is 17.7. The number of sulfonamides is 1. The Balaban J connectivity index is 1.14. The van der Waals surface area contributed by atoms with E-state index >= 15 is 8.78 Å². The van der Waals surface area contributed by atoms with Gasteiger partial charge in [-0.15, -0.1) is 0 Å². The monoisotopic (exact) mass is 803 g/mol. The van der Waals surface area contributed by atoms with E-state index in [1.165, 1.54) is 17.3 Å². The van der Waals surface area contributed by atoms with Crippen LogP contribution in [0.5, 0.6) is 5.88 Å². The fraction of sp³-hybridized carbons (Fsp3) is 0.475. The number of benzene rings is 2. The highest BCUT2D eigenvalue weighted by molar-refractivity contribution is 7.91. The van der Waals surface area contributed by atoms with Crippen molar-refractivity contribution in [2.24, 2.45) is 5.92 Å². The van der Waals surface area contributed by atoms with Gasteiger partial charge >= 0.3 is 0 Å². The Kier molecular flexibility index (Phi) is 10.1. The summed E-state index contributed by atoms with van der Waals surface area (Å²) < 4.78 is 65.2. The summed E-state index contributed by atoms with van der Waals surface area (Å²) in [4.78, 5) is 70.6.